The molecule has 0 saturated carbocycles. The van der Waals surface area contributed by atoms with Crippen molar-refractivity contribution < 1.29 is 14.7 Å². The van der Waals surface area contributed by atoms with Gasteiger partial charge in [0.15, 0.2) is 0 Å². The Bertz CT molecular complexity index is 694. The molecule has 7 heteroatoms. The topological polar surface area (TPSA) is 84.2 Å². The van der Waals surface area contributed by atoms with Crippen molar-refractivity contribution in [1.82, 2.24) is 9.78 Å². The van der Waals surface area contributed by atoms with E-state index in [4.69, 9.17) is 5.11 Å². The smallest absolute Gasteiger partial charge is 0.337 e. The SMILES string of the molecule is Cc1nn(C)cc1C(=O)Nc1cc(Br)ccc1C(=O)O. The van der Waals surface area contributed by atoms with Crippen LogP contribution in [0.3, 0.4) is 0 Å². The number of halogens is 1. The Balaban J connectivity index is 2.34. The molecule has 0 fully saturated rings. The zero-order chi connectivity index (χ0) is 14.9. The number of nitrogens with one attached hydrogen (secondary N) is 1. The van der Waals surface area contributed by atoms with E-state index in [0.29, 0.717) is 15.7 Å². The number of aromatic nitrogens is 2. The minimum Gasteiger partial charge on any atom is -0.478 e. The highest BCUT2D eigenvalue weighted by molar-refractivity contribution is 9.10. The Kier molecular flexibility index (Phi) is 3.89. The van der Waals surface area contributed by atoms with Crippen LogP contribution in [0.2, 0.25) is 0 Å². The molecule has 20 heavy (non-hydrogen) atoms. The van der Waals surface area contributed by atoms with Crippen molar-refractivity contribution in [3.63, 3.8) is 0 Å². The fraction of sp³-hybridized carbons (Fsp3) is 0.154. The molecule has 0 saturated heterocycles. The second-order valence-corrected chi connectivity index (χ2v) is 5.17. The van der Waals surface area contributed by atoms with Crippen molar-refractivity contribution in [2.75, 3.05) is 5.32 Å². The van der Waals surface area contributed by atoms with Gasteiger partial charge < -0.3 is 10.4 Å². The first kappa shape index (κ1) is 14.3. The molecule has 0 aliphatic rings. The average Bonchev–Trinajstić information content (AvgIpc) is 2.68. The molecule has 6 nitrogen and oxygen atoms in total. The molecule has 0 spiro atoms. The van der Waals surface area contributed by atoms with Crippen LogP contribution in [0, 0.1) is 6.92 Å². The first-order valence-electron chi connectivity index (χ1n) is 5.73. The van der Waals surface area contributed by atoms with Gasteiger partial charge in [-0.3, -0.25) is 9.48 Å². The summed E-state index contributed by atoms with van der Waals surface area (Å²) in [6.45, 7) is 1.72. The highest BCUT2D eigenvalue weighted by Gasteiger charge is 2.16. The highest BCUT2D eigenvalue weighted by Crippen LogP contribution is 2.22. The van der Waals surface area contributed by atoms with Crippen molar-refractivity contribution in [3.05, 3.63) is 45.7 Å². The number of anilines is 1. The van der Waals surface area contributed by atoms with E-state index in [2.05, 4.69) is 26.3 Å². The Labute approximate surface area is 123 Å². The summed E-state index contributed by atoms with van der Waals surface area (Å²) in [5.74, 6) is -1.49. The van der Waals surface area contributed by atoms with Gasteiger partial charge in [-0.2, -0.15) is 5.10 Å². The molecule has 0 radical (unpaired) electrons. The number of hydrogen-bond acceptors (Lipinski definition) is 3. The molecule has 0 atom stereocenters. The number of carbonyl (C=O) groups excluding carboxylic acids is 1. The zero-order valence-electron chi connectivity index (χ0n) is 10.8. The Morgan fingerprint density at radius 3 is 2.60 bits per heavy atom. The number of carbonyl (C=O) groups is 2. The molecule has 2 N–H and O–H groups in total. The zero-order valence-corrected chi connectivity index (χ0v) is 12.4. The van der Waals surface area contributed by atoms with Crippen LogP contribution in [-0.4, -0.2) is 26.8 Å². The van der Waals surface area contributed by atoms with E-state index in [1.807, 2.05) is 0 Å². The van der Waals surface area contributed by atoms with E-state index in [9.17, 15) is 9.59 Å². The summed E-state index contributed by atoms with van der Waals surface area (Å²) in [7, 11) is 1.71. The maximum absolute atomic E-state index is 12.2. The van der Waals surface area contributed by atoms with Crippen molar-refractivity contribution in [2.45, 2.75) is 6.92 Å². The van der Waals surface area contributed by atoms with Crippen LogP contribution in [0.15, 0.2) is 28.9 Å². The van der Waals surface area contributed by atoms with Gasteiger partial charge >= 0.3 is 5.97 Å². The van der Waals surface area contributed by atoms with Gasteiger partial charge in [0.2, 0.25) is 0 Å². The van der Waals surface area contributed by atoms with Crippen molar-refractivity contribution >= 4 is 33.5 Å². The molecular weight excluding hydrogens is 326 g/mol. The van der Waals surface area contributed by atoms with Crippen LogP contribution in [-0.2, 0) is 7.05 Å². The molecule has 104 valence electrons. The number of amides is 1. The fourth-order valence-corrected chi connectivity index (χ4v) is 2.18. The van der Waals surface area contributed by atoms with Crippen LogP contribution in [0.25, 0.3) is 0 Å². The first-order valence-corrected chi connectivity index (χ1v) is 6.52. The minimum absolute atomic E-state index is 0.0306. The second-order valence-electron chi connectivity index (χ2n) is 4.25. The second kappa shape index (κ2) is 5.46. The number of carboxylic acids is 1. The number of benzene rings is 1. The van der Waals surface area contributed by atoms with E-state index in [-0.39, 0.29) is 11.3 Å². The number of hydrogen-bond donors (Lipinski definition) is 2. The fourth-order valence-electron chi connectivity index (χ4n) is 1.82. The summed E-state index contributed by atoms with van der Waals surface area (Å²) in [6, 6.07) is 4.58. The summed E-state index contributed by atoms with van der Waals surface area (Å²) in [5.41, 5.74) is 1.25. The molecule has 2 aromatic rings. The van der Waals surface area contributed by atoms with Crippen LogP contribution in [0.1, 0.15) is 26.4 Å². The lowest BCUT2D eigenvalue weighted by Crippen LogP contribution is -2.15. The number of aromatic carboxylic acids is 1. The van der Waals surface area contributed by atoms with E-state index in [1.165, 1.54) is 10.7 Å². The highest BCUT2D eigenvalue weighted by atomic mass is 79.9. The lowest BCUT2D eigenvalue weighted by atomic mass is 10.1. The van der Waals surface area contributed by atoms with Gasteiger partial charge in [-0.1, -0.05) is 15.9 Å². The summed E-state index contributed by atoms with van der Waals surface area (Å²) in [5, 5.41) is 15.8. The normalized spacial score (nSPS) is 10.3. The average molecular weight is 338 g/mol. The quantitative estimate of drug-likeness (QED) is 0.900. The standard InChI is InChI=1S/C13H12BrN3O3/c1-7-10(6-17(2)16-7)12(18)15-11-5-8(14)3-4-9(11)13(19)20/h3-6H,1-2H3,(H,15,18)(H,19,20). The third-order valence-electron chi connectivity index (χ3n) is 2.72. The largest absolute Gasteiger partial charge is 0.478 e. The van der Waals surface area contributed by atoms with Gasteiger partial charge in [0, 0.05) is 17.7 Å². The Morgan fingerprint density at radius 2 is 2.05 bits per heavy atom. The number of rotatable bonds is 3. The summed E-state index contributed by atoms with van der Waals surface area (Å²) >= 11 is 3.25. The lowest BCUT2D eigenvalue weighted by Gasteiger charge is -2.08. The molecule has 0 aliphatic carbocycles. The number of carboxylic acid groups (broad SMARTS) is 1. The molecule has 1 heterocycles. The van der Waals surface area contributed by atoms with E-state index >= 15 is 0 Å². The summed E-state index contributed by atoms with van der Waals surface area (Å²) in [6.07, 6.45) is 1.59. The van der Waals surface area contributed by atoms with Crippen LogP contribution < -0.4 is 5.32 Å². The van der Waals surface area contributed by atoms with Crippen molar-refractivity contribution in [2.24, 2.45) is 7.05 Å². The molecular formula is C13H12BrN3O3. The minimum atomic E-state index is -1.10. The molecule has 2 rings (SSSR count). The molecule has 1 aromatic carbocycles. The molecule has 0 aliphatic heterocycles. The monoisotopic (exact) mass is 337 g/mol. The first-order chi connectivity index (χ1) is 9.38. The van der Waals surface area contributed by atoms with Crippen LogP contribution in [0.5, 0.6) is 0 Å². The van der Waals surface area contributed by atoms with Gasteiger partial charge in [0.25, 0.3) is 5.91 Å². The maximum atomic E-state index is 12.2. The number of aryl methyl sites for hydroxylation is 2. The van der Waals surface area contributed by atoms with Gasteiger partial charge in [-0.25, -0.2) is 4.79 Å². The Hall–Kier alpha value is -2.15. The molecule has 1 amide bonds. The third-order valence-corrected chi connectivity index (χ3v) is 3.21. The van der Waals surface area contributed by atoms with E-state index < -0.39 is 11.9 Å². The van der Waals surface area contributed by atoms with E-state index in [0.717, 1.165) is 0 Å². The third kappa shape index (κ3) is 2.88. The Morgan fingerprint density at radius 1 is 1.35 bits per heavy atom. The summed E-state index contributed by atoms with van der Waals surface area (Å²) in [4.78, 5) is 23.3. The van der Waals surface area contributed by atoms with Gasteiger partial charge in [0.05, 0.1) is 22.5 Å². The predicted molar refractivity (Wildman–Crippen MR) is 77.0 cm³/mol. The van der Waals surface area contributed by atoms with Crippen LogP contribution in [0.4, 0.5) is 5.69 Å². The van der Waals surface area contributed by atoms with Crippen molar-refractivity contribution in [3.8, 4) is 0 Å². The van der Waals surface area contributed by atoms with Crippen molar-refractivity contribution in [1.29, 1.82) is 0 Å². The van der Waals surface area contributed by atoms with Gasteiger partial charge in [-0.15, -0.1) is 0 Å². The molecule has 0 unspecified atom stereocenters. The molecule has 1 aromatic heterocycles. The molecule has 0 bridgehead atoms. The van der Waals surface area contributed by atoms with Gasteiger partial charge in [-0.05, 0) is 25.1 Å². The number of nitrogens with zero attached hydrogens (tertiary/aromatic N) is 2. The predicted octanol–water partition coefficient (Wildman–Crippen LogP) is 2.44. The lowest BCUT2D eigenvalue weighted by molar-refractivity contribution is 0.0698. The van der Waals surface area contributed by atoms with E-state index in [1.54, 1.807) is 32.3 Å². The summed E-state index contributed by atoms with van der Waals surface area (Å²) < 4.78 is 2.21. The van der Waals surface area contributed by atoms with Gasteiger partial charge in [0.1, 0.15) is 0 Å². The van der Waals surface area contributed by atoms with Crippen LogP contribution >= 0.6 is 15.9 Å². The maximum Gasteiger partial charge on any atom is 0.337 e.